The van der Waals surface area contributed by atoms with Crippen LogP contribution in [0.3, 0.4) is 0 Å². The molecule has 0 bridgehead atoms. The first-order valence-electron chi connectivity index (χ1n) is 7.19. The summed E-state index contributed by atoms with van der Waals surface area (Å²) >= 11 is 2.08. The summed E-state index contributed by atoms with van der Waals surface area (Å²) in [5.74, 6) is 1.21. The first-order chi connectivity index (χ1) is 9.14. The number of aromatic nitrogens is 1. The quantitative estimate of drug-likeness (QED) is 0.916. The molecule has 2 fully saturated rings. The Morgan fingerprint density at radius 1 is 1.47 bits per heavy atom. The number of nitrogens with one attached hydrogen (secondary N) is 1. The van der Waals surface area contributed by atoms with Crippen LogP contribution in [0.4, 0.5) is 5.69 Å². The maximum atomic E-state index is 4.30. The smallest absolute Gasteiger partial charge is 0.0443 e. The van der Waals surface area contributed by atoms with E-state index in [9.17, 15) is 0 Å². The first kappa shape index (κ1) is 13.3. The Balaban J connectivity index is 1.74. The summed E-state index contributed by atoms with van der Waals surface area (Å²) in [6.07, 6.45) is 6.62. The molecule has 1 saturated carbocycles. The largest absolute Gasteiger partial charge is 0.369 e. The summed E-state index contributed by atoms with van der Waals surface area (Å²) in [4.78, 5) is 6.83. The highest BCUT2D eigenvalue weighted by Crippen LogP contribution is 2.33. The lowest BCUT2D eigenvalue weighted by atomic mass is 10.1. The molecule has 2 heterocycles. The third-order valence-electron chi connectivity index (χ3n) is 3.80. The van der Waals surface area contributed by atoms with Gasteiger partial charge in [0.1, 0.15) is 0 Å². The van der Waals surface area contributed by atoms with Crippen LogP contribution in [0.2, 0.25) is 0 Å². The number of rotatable bonds is 4. The van der Waals surface area contributed by atoms with Crippen molar-refractivity contribution in [2.24, 2.45) is 0 Å². The molecule has 2 aliphatic rings. The molecule has 3 nitrogen and oxygen atoms in total. The second-order valence-corrected chi connectivity index (χ2v) is 7.99. The monoisotopic (exact) mass is 277 g/mol. The van der Waals surface area contributed by atoms with E-state index in [2.05, 4.69) is 46.9 Å². The van der Waals surface area contributed by atoms with Gasteiger partial charge in [0.2, 0.25) is 0 Å². The van der Waals surface area contributed by atoms with Crippen LogP contribution in [0.5, 0.6) is 0 Å². The lowest BCUT2D eigenvalue weighted by Crippen LogP contribution is -2.43. The van der Waals surface area contributed by atoms with E-state index in [0.29, 0.717) is 4.75 Å². The molecule has 1 N–H and O–H groups in total. The first-order valence-corrected chi connectivity index (χ1v) is 8.18. The fourth-order valence-corrected chi connectivity index (χ4v) is 3.74. The number of nitrogens with zero attached hydrogens (tertiary/aromatic N) is 2. The Morgan fingerprint density at radius 2 is 2.32 bits per heavy atom. The van der Waals surface area contributed by atoms with Crippen molar-refractivity contribution >= 4 is 17.4 Å². The molecule has 1 aromatic heterocycles. The minimum Gasteiger partial charge on any atom is -0.369 e. The zero-order valence-electron chi connectivity index (χ0n) is 11.9. The van der Waals surface area contributed by atoms with Gasteiger partial charge in [0.25, 0.3) is 0 Å². The van der Waals surface area contributed by atoms with Crippen LogP contribution in [0.15, 0.2) is 18.5 Å². The van der Waals surface area contributed by atoms with Gasteiger partial charge in [-0.3, -0.25) is 4.98 Å². The van der Waals surface area contributed by atoms with Gasteiger partial charge in [-0.05, 0) is 32.8 Å². The van der Waals surface area contributed by atoms with E-state index < -0.39 is 0 Å². The van der Waals surface area contributed by atoms with Crippen molar-refractivity contribution in [2.45, 2.75) is 44.0 Å². The predicted molar refractivity (Wildman–Crippen MR) is 82.8 cm³/mol. The number of hydrogen-bond donors (Lipinski definition) is 1. The molecule has 19 heavy (non-hydrogen) atoms. The Morgan fingerprint density at radius 3 is 3.05 bits per heavy atom. The third kappa shape index (κ3) is 3.42. The highest BCUT2D eigenvalue weighted by molar-refractivity contribution is 8.00. The molecule has 1 aromatic rings. The van der Waals surface area contributed by atoms with Gasteiger partial charge in [-0.2, -0.15) is 11.8 Å². The van der Waals surface area contributed by atoms with E-state index in [1.54, 1.807) is 0 Å². The van der Waals surface area contributed by atoms with Gasteiger partial charge in [0, 0.05) is 59.8 Å². The minimum atomic E-state index is 0.350. The van der Waals surface area contributed by atoms with E-state index in [-0.39, 0.29) is 0 Å². The SMILES string of the molecule is CC1(C)CN(c2ccncc2CNC2CC2)CCS1. The Bertz CT molecular complexity index is 443. The second-order valence-electron chi connectivity index (χ2n) is 6.19. The average molecular weight is 277 g/mol. The molecule has 0 atom stereocenters. The van der Waals surface area contributed by atoms with E-state index in [0.717, 1.165) is 25.7 Å². The highest BCUT2D eigenvalue weighted by Gasteiger charge is 2.28. The van der Waals surface area contributed by atoms with Gasteiger partial charge in [-0.1, -0.05) is 0 Å². The second kappa shape index (κ2) is 5.33. The third-order valence-corrected chi connectivity index (χ3v) is 5.10. The zero-order chi connectivity index (χ0) is 13.3. The molecule has 3 rings (SSSR count). The molecule has 0 amide bonds. The van der Waals surface area contributed by atoms with Crippen molar-refractivity contribution in [2.75, 3.05) is 23.7 Å². The van der Waals surface area contributed by atoms with Crippen molar-refractivity contribution < 1.29 is 0 Å². The molecule has 1 aliphatic carbocycles. The van der Waals surface area contributed by atoms with Gasteiger partial charge in [-0.25, -0.2) is 0 Å². The number of thioether (sulfide) groups is 1. The fourth-order valence-electron chi connectivity index (χ4n) is 2.63. The van der Waals surface area contributed by atoms with Crippen molar-refractivity contribution in [3.05, 3.63) is 24.0 Å². The summed E-state index contributed by atoms with van der Waals surface area (Å²) in [6, 6.07) is 2.93. The van der Waals surface area contributed by atoms with Crippen LogP contribution in [0.1, 0.15) is 32.3 Å². The summed E-state index contributed by atoms with van der Waals surface area (Å²) < 4.78 is 0.350. The van der Waals surface area contributed by atoms with Crippen molar-refractivity contribution in [3.63, 3.8) is 0 Å². The number of hydrogen-bond acceptors (Lipinski definition) is 4. The van der Waals surface area contributed by atoms with Crippen LogP contribution in [0, 0.1) is 0 Å². The Kier molecular flexibility index (Phi) is 3.72. The standard InChI is InChI=1S/C15H23N3S/c1-15(2)11-18(7-8-19-15)14-5-6-16-9-12(14)10-17-13-3-4-13/h5-6,9,13,17H,3-4,7-8,10-11H2,1-2H3. The topological polar surface area (TPSA) is 28.2 Å². The Labute approximate surface area is 120 Å². The Hall–Kier alpha value is -0.740. The zero-order valence-corrected chi connectivity index (χ0v) is 12.7. The van der Waals surface area contributed by atoms with Gasteiger partial charge >= 0.3 is 0 Å². The van der Waals surface area contributed by atoms with E-state index in [1.165, 1.54) is 29.8 Å². The van der Waals surface area contributed by atoms with Crippen LogP contribution in [-0.2, 0) is 6.54 Å². The van der Waals surface area contributed by atoms with Crippen molar-refractivity contribution in [3.8, 4) is 0 Å². The number of pyridine rings is 1. The number of anilines is 1. The summed E-state index contributed by atoms with van der Waals surface area (Å²) in [5, 5.41) is 3.60. The van der Waals surface area contributed by atoms with Crippen LogP contribution < -0.4 is 10.2 Å². The molecule has 1 saturated heterocycles. The lowest BCUT2D eigenvalue weighted by molar-refractivity contribution is 0.637. The van der Waals surface area contributed by atoms with Crippen LogP contribution in [-0.4, -0.2) is 34.6 Å². The van der Waals surface area contributed by atoms with Crippen molar-refractivity contribution in [1.29, 1.82) is 0 Å². The van der Waals surface area contributed by atoms with Gasteiger partial charge in [0.15, 0.2) is 0 Å². The summed E-state index contributed by atoms with van der Waals surface area (Å²) in [5.41, 5.74) is 2.72. The van der Waals surface area contributed by atoms with Gasteiger partial charge in [0.05, 0.1) is 0 Å². The maximum absolute atomic E-state index is 4.30. The highest BCUT2D eigenvalue weighted by atomic mass is 32.2. The lowest BCUT2D eigenvalue weighted by Gasteiger charge is -2.39. The van der Waals surface area contributed by atoms with E-state index >= 15 is 0 Å². The predicted octanol–water partition coefficient (Wildman–Crippen LogP) is 2.67. The van der Waals surface area contributed by atoms with Crippen LogP contribution in [0.25, 0.3) is 0 Å². The van der Waals surface area contributed by atoms with Crippen LogP contribution >= 0.6 is 11.8 Å². The molecule has 0 spiro atoms. The molecule has 4 heteroatoms. The fraction of sp³-hybridized carbons (Fsp3) is 0.667. The van der Waals surface area contributed by atoms with Crippen molar-refractivity contribution in [1.82, 2.24) is 10.3 Å². The molecular weight excluding hydrogens is 254 g/mol. The summed E-state index contributed by atoms with van der Waals surface area (Å²) in [6.45, 7) is 7.91. The summed E-state index contributed by atoms with van der Waals surface area (Å²) in [7, 11) is 0. The van der Waals surface area contributed by atoms with E-state index in [1.807, 2.05) is 12.4 Å². The molecule has 1 aliphatic heterocycles. The maximum Gasteiger partial charge on any atom is 0.0443 e. The molecule has 104 valence electrons. The average Bonchev–Trinajstić information content (AvgIpc) is 3.19. The molecule has 0 radical (unpaired) electrons. The molecule has 0 aromatic carbocycles. The minimum absolute atomic E-state index is 0.350. The molecule has 0 unspecified atom stereocenters. The normalized spacial score (nSPS) is 22.5. The van der Waals surface area contributed by atoms with Gasteiger partial charge < -0.3 is 10.2 Å². The van der Waals surface area contributed by atoms with E-state index in [4.69, 9.17) is 0 Å². The molecular formula is C15H23N3S. The van der Waals surface area contributed by atoms with Gasteiger partial charge in [-0.15, -0.1) is 0 Å².